The first-order valence-corrected chi connectivity index (χ1v) is 7.25. The molecule has 2 rings (SSSR count). The number of carbonyl (C=O) groups is 1. The minimum absolute atomic E-state index is 0.0312. The molecule has 0 unspecified atom stereocenters. The summed E-state index contributed by atoms with van der Waals surface area (Å²) >= 11 is 11.9. The summed E-state index contributed by atoms with van der Waals surface area (Å²) < 4.78 is 0. The number of benzene rings is 1. The van der Waals surface area contributed by atoms with Crippen LogP contribution in [0.15, 0.2) is 18.2 Å². The van der Waals surface area contributed by atoms with Crippen LogP contribution in [0.1, 0.15) is 36.0 Å². The molecule has 1 fully saturated rings. The van der Waals surface area contributed by atoms with Gasteiger partial charge < -0.3 is 10.0 Å². The highest BCUT2D eigenvalue weighted by atomic mass is 35.5. The molecule has 1 amide bonds. The zero-order valence-electron chi connectivity index (χ0n) is 10.6. The second-order valence-electron chi connectivity index (χ2n) is 4.82. The van der Waals surface area contributed by atoms with Crippen LogP contribution in [0.25, 0.3) is 0 Å². The number of halogens is 2. The van der Waals surface area contributed by atoms with Crippen molar-refractivity contribution in [2.45, 2.75) is 31.7 Å². The summed E-state index contributed by atoms with van der Waals surface area (Å²) in [5, 5.41) is 10.1. The first kappa shape index (κ1) is 14.6. The fourth-order valence-electron chi connectivity index (χ4n) is 2.62. The van der Waals surface area contributed by atoms with Gasteiger partial charge in [0.25, 0.3) is 5.91 Å². The summed E-state index contributed by atoms with van der Waals surface area (Å²) in [6, 6.07) is 5.06. The van der Waals surface area contributed by atoms with Gasteiger partial charge in [0.2, 0.25) is 0 Å². The fraction of sp³-hybridized carbons (Fsp3) is 0.500. The van der Waals surface area contributed by atoms with Gasteiger partial charge in [-0.2, -0.15) is 0 Å². The Kier molecular flexibility index (Phi) is 5.08. The van der Waals surface area contributed by atoms with Gasteiger partial charge in [-0.1, -0.05) is 36.0 Å². The molecule has 0 bridgehead atoms. The molecule has 5 heteroatoms. The lowest BCUT2D eigenvalue weighted by Crippen LogP contribution is -2.40. The van der Waals surface area contributed by atoms with Crippen LogP contribution < -0.4 is 0 Å². The average molecular weight is 302 g/mol. The van der Waals surface area contributed by atoms with Crippen LogP contribution in [-0.4, -0.2) is 35.1 Å². The van der Waals surface area contributed by atoms with Crippen LogP contribution in [0.2, 0.25) is 10.0 Å². The quantitative estimate of drug-likeness (QED) is 0.926. The number of amides is 1. The number of nitrogens with zero attached hydrogens (tertiary/aromatic N) is 1. The van der Waals surface area contributed by atoms with Crippen molar-refractivity contribution in [3.63, 3.8) is 0 Å². The van der Waals surface area contributed by atoms with Gasteiger partial charge in [0, 0.05) is 28.2 Å². The van der Waals surface area contributed by atoms with Crippen LogP contribution in [0, 0.1) is 0 Å². The van der Waals surface area contributed by atoms with E-state index >= 15 is 0 Å². The number of aliphatic hydroxyl groups excluding tert-OH is 1. The number of rotatable bonds is 4. The van der Waals surface area contributed by atoms with Gasteiger partial charge in [0.15, 0.2) is 0 Å². The van der Waals surface area contributed by atoms with Gasteiger partial charge in [0.05, 0.1) is 6.61 Å². The number of hydrogen-bond donors (Lipinski definition) is 1. The molecule has 0 aliphatic heterocycles. The van der Waals surface area contributed by atoms with E-state index in [4.69, 9.17) is 28.3 Å². The molecular weight excluding hydrogens is 285 g/mol. The van der Waals surface area contributed by atoms with Crippen LogP contribution in [0.5, 0.6) is 0 Å². The van der Waals surface area contributed by atoms with E-state index in [1.165, 1.54) is 0 Å². The summed E-state index contributed by atoms with van der Waals surface area (Å²) in [5.74, 6) is -0.106. The maximum absolute atomic E-state index is 12.5. The molecule has 1 aliphatic carbocycles. The molecule has 1 aliphatic rings. The van der Waals surface area contributed by atoms with Crippen molar-refractivity contribution in [3.8, 4) is 0 Å². The molecule has 0 heterocycles. The molecule has 1 saturated carbocycles. The Bertz CT molecular complexity index is 439. The van der Waals surface area contributed by atoms with E-state index in [0.717, 1.165) is 25.7 Å². The molecule has 104 valence electrons. The van der Waals surface area contributed by atoms with Crippen molar-refractivity contribution >= 4 is 29.1 Å². The topological polar surface area (TPSA) is 40.5 Å². The second-order valence-corrected chi connectivity index (χ2v) is 5.69. The Morgan fingerprint density at radius 2 is 1.79 bits per heavy atom. The first-order chi connectivity index (χ1) is 9.11. The van der Waals surface area contributed by atoms with Crippen molar-refractivity contribution in [2.24, 2.45) is 0 Å². The van der Waals surface area contributed by atoms with Gasteiger partial charge >= 0.3 is 0 Å². The van der Waals surface area contributed by atoms with Gasteiger partial charge in [-0.05, 0) is 31.0 Å². The highest BCUT2D eigenvalue weighted by molar-refractivity contribution is 6.35. The third-order valence-electron chi connectivity index (χ3n) is 3.48. The van der Waals surface area contributed by atoms with E-state index in [0.29, 0.717) is 22.2 Å². The first-order valence-electron chi connectivity index (χ1n) is 6.49. The van der Waals surface area contributed by atoms with E-state index in [1.807, 2.05) is 0 Å². The minimum Gasteiger partial charge on any atom is -0.395 e. The monoisotopic (exact) mass is 301 g/mol. The molecule has 19 heavy (non-hydrogen) atoms. The van der Waals surface area contributed by atoms with Crippen LogP contribution in [0.4, 0.5) is 0 Å². The molecular formula is C14H17Cl2NO2. The maximum atomic E-state index is 12.5. The van der Waals surface area contributed by atoms with Crippen molar-refractivity contribution in [1.82, 2.24) is 4.90 Å². The summed E-state index contributed by atoms with van der Waals surface area (Å²) in [5.41, 5.74) is 0.484. The summed E-state index contributed by atoms with van der Waals surface area (Å²) in [4.78, 5) is 14.3. The third-order valence-corrected chi connectivity index (χ3v) is 3.91. The standard InChI is InChI=1S/C14H17Cl2NO2/c15-11-7-10(8-12(16)9-11)14(19)17(5-6-18)13-3-1-2-4-13/h7-9,13,18H,1-6H2. The number of aliphatic hydroxyl groups is 1. The van der Waals surface area contributed by atoms with Crippen molar-refractivity contribution < 1.29 is 9.90 Å². The summed E-state index contributed by atoms with van der Waals surface area (Å²) in [7, 11) is 0. The van der Waals surface area contributed by atoms with Gasteiger partial charge in [-0.15, -0.1) is 0 Å². The predicted molar refractivity (Wildman–Crippen MR) is 76.8 cm³/mol. The second kappa shape index (κ2) is 6.60. The van der Waals surface area contributed by atoms with E-state index in [2.05, 4.69) is 0 Å². The van der Waals surface area contributed by atoms with Gasteiger partial charge in [-0.25, -0.2) is 0 Å². The lowest BCUT2D eigenvalue weighted by atomic mass is 10.1. The third kappa shape index (κ3) is 3.62. The van der Waals surface area contributed by atoms with E-state index < -0.39 is 0 Å². The lowest BCUT2D eigenvalue weighted by molar-refractivity contribution is 0.0638. The largest absolute Gasteiger partial charge is 0.395 e. The molecule has 1 aromatic rings. The molecule has 0 radical (unpaired) electrons. The van der Waals surface area contributed by atoms with Crippen LogP contribution in [0.3, 0.4) is 0 Å². The zero-order valence-corrected chi connectivity index (χ0v) is 12.1. The van der Waals surface area contributed by atoms with E-state index in [9.17, 15) is 4.79 Å². The molecule has 1 aromatic carbocycles. The van der Waals surface area contributed by atoms with Gasteiger partial charge in [0.1, 0.15) is 0 Å². The molecule has 1 N–H and O–H groups in total. The highest BCUT2D eigenvalue weighted by Crippen LogP contribution is 2.26. The summed E-state index contributed by atoms with van der Waals surface area (Å²) in [6.45, 7) is 0.324. The Hall–Kier alpha value is -0.770. The SMILES string of the molecule is O=C(c1cc(Cl)cc(Cl)c1)N(CCO)C1CCCC1. The van der Waals surface area contributed by atoms with Gasteiger partial charge in [-0.3, -0.25) is 4.79 Å². The summed E-state index contributed by atoms with van der Waals surface area (Å²) in [6.07, 6.45) is 4.27. The average Bonchev–Trinajstić information content (AvgIpc) is 2.87. The number of hydrogen-bond acceptors (Lipinski definition) is 2. The molecule has 0 atom stereocenters. The fourth-order valence-corrected chi connectivity index (χ4v) is 3.14. The Morgan fingerprint density at radius 1 is 1.21 bits per heavy atom. The Balaban J connectivity index is 2.22. The van der Waals surface area contributed by atoms with Crippen LogP contribution in [-0.2, 0) is 0 Å². The number of carbonyl (C=O) groups excluding carboxylic acids is 1. The minimum atomic E-state index is -0.106. The normalized spacial score (nSPS) is 15.7. The molecule has 0 saturated heterocycles. The molecule has 3 nitrogen and oxygen atoms in total. The molecule has 0 aromatic heterocycles. The molecule has 0 spiro atoms. The smallest absolute Gasteiger partial charge is 0.254 e. The zero-order chi connectivity index (χ0) is 13.8. The van der Waals surface area contributed by atoms with Crippen molar-refractivity contribution in [1.29, 1.82) is 0 Å². The predicted octanol–water partition coefficient (Wildman–Crippen LogP) is 3.37. The highest BCUT2D eigenvalue weighted by Gasteiger charge is 2.27. The van der Waals surface area contributed by atoms with E-state index in [-0.39, 0.29) is 18.6 Å². The van der Waals surface area contributed by atoms with Crippen LogP contribution >= 0.6 is 23.2 Å². The van der Waals surface area contributed by atoms with Crippen molar-refractivity contribution in [2.75, 3.05) is 13.2 Å². The Morgan fingerprint density at radius 3 is 2.32 bits per heavy atom. The Labute approximate surface area is 123 Å². The lowest BCUT2D eigenvalue weighted by Gasteiger charge is -2.28. The van der Waals surface area contributed by atoms with E-state index in [1.54, 1.807) is 23.1 Å². The maximum Gasteiger partial charge on any atom is 0.254 e. The van der Waals surface area contributed by atoms with Crippen molar-refractivity contribution in [3.05, 3.63) is 33.8 Å².